The molecule has 0 saturated carbocycles. The Morgan fingerprint density at radius 3 is 2.77 bits per heavy atom. The van der Waals surface area contributed by atoms with Gasteiger partial charge < -0.3 is 9.80 Å². The van der Waals surface area contributed by atoms with Crippen LogP contribution in [0, 0.1) is 10.1 Å². The van der Waals surface area contributed by atoms with Crippen molar-refractivity contribution in [1.82, 2.24) is 9.80 Å². The second-order valence-electron chi connectivity index (χ2n) is 5.26. The summed E-state index contributed by atoms with van der Waals surface area (Å²) in [6.07, 6.45) is 3.92. The standard InChI is InChI=1S/C16H21N3O3/c1-2-17-10-5-11-18(13-12-17)16(20)9-8-14-6-3-4-7-15(14)19(21)22/h3-4,6-9H,2,5,10-13H2,1H3. The highest BCUT2D eigenvalue weighted by Crippen LogP contribution is 2.19. The summed E-state index contributed by atoms with van der Waals surface area (Å²) in [5.41, 5.74) is 0.463. The number of rotatable bonds is 4. The third kappa shape index (κ3) is 4.14. The number of likely N-dealkylation sites (N-methyl/N-ethyl adjacent to an activating group) is 1. The van der Waals surface area contributed by atoms with Crippen LogP contribution in [0.25, 0.3) is 6.08 Å². The number of para-hydroxylation sites is 1. The summed E-state index contributed by atoms with van der Waals surface area (Å²) < 4.78 is 0. The maximum atomic E-state index is 12.3. The second kappa shape index (κ2) is 7.70. The highest BCUT2D eigenvalue weighted by molar-refractivity contribution is 5.92. The van der Waals surface area contributed by atoms with Gasteiger partial charge in [-0.15, -0.1) is 0 Å². The first-order valence-electron chi connectivity index (χ1n) is 7.54. The fourth-order valence-corrected chi connectivity index (χ4v) is 2.57. The number of carbonyl (C=O) groups excluding carboxylic acids is 1. The molecule has 0 atom stereocenters. The van der Waals surface area contributed by atoms with E-state index in [1.54, 1.807) is 23.1 Å². The minimum absolute atomic E-state index is 0.0135. The zero-order valence-electron chi connectivity index (χ0n) is 12.8. The van der Waals surface area contributed by atoms with Gasteiger partial charge in [-0.05, 0) is 31.7 Å². The van der Waals surface area contributed by atoms with Gasteiger partial charge in [0, 0.05) is 31.8 Å². The number of carbonyl (C=O) groups is 1. The number of nitrogens with zero attached hydrogens (tertiary/aromatic N) is 3. The number of amides is 1. The van der Waals surface area contributed by atoms with Crippen molar-refractivity contribution in [1.29, 1.82) is 0 Å². The summed E-state index contributed by atoms with van der Waals surface area (Å²) in [4.78, 5) is 26.9. The first kappa shape index (κ1) is 16.2. The SMILES string of the molecule is CCN1CCCN(C(=O)C=Cc2ccccc2[N+](=O)[O-])CC1. The summed E-state index contributed by atoms with van der Waals surface area (Å²) in [6.45, 7) is 6.43. The zero-order chi connectivity index (χ0) is 15.9. The van der Waals surface area contributed by atoms with Gasteiger partial charge in [-0.1, -0.05) is 19.1 Å². The van der Waals surface area contributed by atoms with Crippen molar-refractivity contribution >= 4 is 17.7 Å². The van der Waals surface area contributed by atoms with Gasteiger partial charge in [-0.25, -0.2) is 0 Å². The highest BCUT2D eigenvalue weighted by atomic mass is 16.6. The summed E-state index contributed by atoms with van der Waals surface area (Å²) in [7, 11) is 0. The Labute approximate surface area is 130 Å². The molecule has 1 saturated heterocycles. The lowest BCUT2D eigenvalue weighted by Gasteiger charge is -2.19. The van der Waals surface area contributed by atoms with Crippen molar-refractivity contribution in [3.05, 3.63) is 46.0 Å². The van der Waals surface area contributed by atoms with Gasteiger partial charge in [-0.2, -0.15) is 0 Å². The van der Waals surface area contributed by atoms with Crippen LogP contribution in [0.4, 0.5) is 5.69 Å². The van der Waals surface area contributed by atoms with Gasteiger partial charge in [0.05, 0.1) is 10.5 Å². The van der Waals surface area contributed by atoms with Crippen molar-refractivity contribution in [2.45, 2.75) is 13.3 Å². The van der Waals surface area contributed by atoms with Gasteiger partial charge in [0.1, 0.15) is 0 Å². The normalized spacial score (nSPS) is 16.7. The van der Waals surface area contributed by atoms with E-state index in [0.717, 1.165) is 32.6 Å². The van der Waals surface area contributed by atoms with Crippen molar-refractivity contribution in [2.24, 2.45) is 0 Å². The average molecular weight is 303 g/mol. The molecular formula is C16H21N3O3. The lowest BCUT2D eigenvalue weighted by molar-refractivity contribution is -0.385. The monoisotopic (exact) mass is 303 g/mol. The number of benzene rings is 1. The fraction of sp³-hybridized carbons (Fsp3) is 0.438. The van der Waals surface area contributed by atoms with Crippen LogP contribution in [0.5, 0.6) is 0 Å². The third-order valence-corrected chi connectivity index (χ3v) is 3.89. The summed E-state index contributed by atoms with van der Waals surface area (Å²) in [5.74, 6) is -0.0869. The molecule has 0 bridgehead atoms. The van der Waals surface area contributed by atoms with Crippen molar-refractivity contribution < 1.29 is 9.72 Å². The zero-order valence-corrected chi connectivity index (χ0v) is 12.8. The molecular weight excluding hydrogens is 282 g/mol. The Balaban J connectivity index is 2.04. The van der Waals surface area contributed by atoms with Crippen LogP contribution in [0.15, 0.2) is 30.3 Å². The molecule has 0 spiro atoms. The van der Waals surface area contributed by atoms with Crippen LogP contribution >= 0.6 is 0 Å². The molecule has 0 radical (unpaired) electrons. The second-order valence-corrected chi connectivity index (χ2v) is 5.26. The molecule has 1 fully saturated rings. The topological polar surface area (TPSA) is 66.7 Å². The number of nitro groups is 1. The van der Waals surface area contributed by atoms with E-state index in [-0.39, 0.29) is 11.6 Å². The molecule has 22 heavy (non-hydrogen) atoms. The van der Waals surface area contributed by atoms with Crippen LogP contribution in [0.1, 0.15) is 18.9 Å². The van der Waals surface area contributed by atoms with Crippen LogP contribution in [-0.4, -0.2) is 53.4 Å². The molecule has 118 valence electrons. The molecule has 2 rings (SSSR count). The lowest BCUT2D eigenvalue weighted by Crippen LogP contribution is -2.34. The van der Waals surface area contributed by atoms with Gasteiger partial charge >= 0.3 is 0 Å². The van der Waals surface area contributed by atoms with Gasteiger partial charge in [0.15, 0.2) is 0 Å². The van der Waals surface area contributed by atoms with E-state index in [4.69, 9.17) is 0 Å². The lowest BCUT2D eigenvalue weighted by atomic mass is 10.1. The quantitative estimate of drug-likeness (QED) is 0.486. The first-order valence-corrected chi connectivity index (χ1v) is 7.54. The van der Waals surface area contributed by atoms with E-state index in [2.05, 4.69) is 11.8 Å². The molecule has 0 unspecified atom stereocenters. The maximum Gasteiger partial charge on any atom is 0.276 e. The molecule has 1 aromatic carbocycles. The molecule has 1 aliphatic rings. The first-order chi connectivity index (χ1) is 10.6. The third-order valence-electron chi connectivity index (χ3n) is 3.89. The maximum absolute atomic E-state index is 12.3. The number of hydrogen-bond donors (Lipinski definition) is 0. The summed E-state index contributed by atoms with van der Waals surface area (Å²) >= 11 is 0. The number of nitro benzene ring substituents is 1. The molecule has 0 aromatic heterocycles. The Bertz CT molecular complexity index is 572. The van der Waals surface area contributed by atoms with Crippen molar-refractivity contribution in [3.63, 3.8) is 0 Å². The number of hydrogen-bond acceptors (Lipinski definition) is 4. The van der Waals surface area contributed by atoms with Crippen LogP contribution in [0.2, 0.25) is 0 Å². The van der Waals surface area contributed by atoms with E-state index >= 15 is 0 Å². The smallest absolute Gasteiger partial charge is 0.276 e. The predicted molar refractivity (Wildman–Crippen MR) is 85.4 cm³/mol. The summed E-state index contributed by atoms with van der Waals surface area (Å²) in [6, 6.07) is 6.42. The molecule has 1 amide bonds. The van der Waals surface area contributed by atoms with E-state index in [1.165, 1.54) is 18.2 Å². The largest absolute Gasteiger partial charge is 0.338 e. The fourth-order valence-electron chi connectivity index (χ4n) is 2.57. The highest BCUT2D eigenvalue weighted by Gasteiger charge is 2.17. The van der Waals surface area contributed by atoms with E-state index in [9.17, 15) is 14.9 Å². The Hall–Kier alpha value is -2.21. The van der Waals surface area contributed by atoms with Crippen LogP contribution < -0.4 is 0 Å². The molecule has 1 aliphatic heterocycles. The predicted octanol–water partition coefficient (Wildman–Crippen LogP) is 2.16. The van der Waals surface area contributed by atoms with Crippen molar-refractivity contribution in [2.75, 3.05) is 32.7 Å². The van der Waals surface area contributed by atoms with Gasteiger partial charge in [0.2, 0.25) is 5.91 Å². The van der Waals surface area contributed by atoms with Crippen molar-refractivity contribution in [3.8, 4) is 0 Å². The van der Waals surface area contributed by atoms with Gasteiger partial charge in [-0.3, -0.25) is 14.9 Å². The molecule has 6 heteroatoms. The molecule has 6 nitrogen and oxygen atoms in total. The van der Waals surface area contributed by atoms with Crippen LogP contribution in [-0.2, 0) is 4.79 Å². The summed E-state index contributed by atoms with van der Waals surface area (Å²) in [5, 5.41) is 11.0. The van der Waals surface area contributed by atoms with E-state index < -0.39 is 4.92 Å². The van der Waals surface area contributed by atoms with Crippen LogP contribution in [0.3, 0.4) is 0 Å². The molecule has 1 aromatic rings. The Morgan fingerprint density at radius 2 is 2.05 bits per heavy atom. The van der Waals surface area contributed by atoms with E-state index in [0.29, 0.717) is 12.1 Å². The molecule has 0 aliphatic carbocycles. The van der Waals surface area contributed by atoms with Gasteiger partial charge in [0.25, 0.3) is 5.69 Å². The van der Waals surface area contributed by atoms with E-state index in [1.807, 2.05) is 0 Å². The molecule has 1 heterocycles. The Kier molecular flexibility index (Phi) is 5.66. The average Bonchev–Trinajstić information content (AvgIpc) is 2.78. The minimum Gasteiger partial charge on any atom is -0.338 e. The minimum atomic E-state index is -0.435. The Morgan fingerprint density at radius 1 is 1.27 bits per heavy atom. The molecule has 0 N–H and O–H groups in total.